The van der Waals surface area contributed by atoms with E-state index < -0.39 is 0 Å². The lowest BCUT2D eigenvalue weighted by atomic mass is 10.1. The average molecular weight is 262 g/mol. The molecule has 19 heavy (non-hydrogen) atoms. The Hall–Kier alpha value is -1.39. The van der Waals surface area contributed by atoms with E-state index in [2.05, 4.69) is 18.3 Å². The van der Waals surface area contributed by atoms with Gasteiger partial charge in [0.2, 0.25) is 5.91 Å². The highest BCUT2D eigenvalue weighted by Crippen LogP contribution is 2.23. The predicted molar refractivity (Wildman–Crippen MR) is 76.4 cm³/mol. The van der Waals surface area contributed by atoms with E-state index in [1.54, 1.807) is 0 Å². The first-order valence-electron chi connectivity index (χ1n) is 6.86. The van der Waals surface area contributed by atoms with Gasteiger partial charge in [-0.2, -0.15) is 0 Å². The van der Waals surface area contributed by atoms with Crippen molar-refractivity contribution < 1.29 is 9.90 Å². The summed E-state index contributed by atoms with van der Waals surface area (Å²) >= 11 is 0. The molecule has 1 heterocycles. The summed E-state index contributed by atoms with van der Waals surface area (Å²) in [4.78, 5) is 14.4. The first-order chi connectivity index (χ1) is 9.13. The van der Waals surface area contributed by atoms with Gasteiger partial charge in [-0.15, -0.1) is 0 Å². The minimum Gasteiger partial charge on any atom is -0.396 e. The molecule has 0 saturated carbocycles. The molecule has 1 aliphatic heterocycles. The number of aryl methyl sites for hydroxylation is 2. The molecule has 1 unspecified atom stereocenters. The molecular formula is C15H22N2O2. The first-order valence-corrected chi connectivity index (χ1v) is 6.86. The maximum absolute atomic E-state index is 12.5. The van der Waals surface area contributed by atoms with Gasteiger partial charge in [0.15, 0.2) is 0 Å². The monoisotopic (exact) mass is 262 g/mol. The van der Waals surface area contributed by atoms with Crippen LogP contribution < -0.4 is 10.2 Å². The molecule has 0 aromatic heterocycles. The number of aliphatic hydroxyl groups excluding tert-OH is 1. The Morgan fingerprint density at radius 2 is 2.21 bits per heavy atom. The van der Waals surface area contributed by atoms with Crippen LogP contribution in [0.2, 0.25) is 0 Å². The van der Waals surface area contributed by atoms with E-state index >= 15 is 0 Å². The van der Waals surface area contributed by atoms with Crippen LogP contribution in [0.3, 0.4) is 0 Å². The predicted octanol–water partition coefficient (Wildman–Crippen LogP) is 1.38. The maximum Gasteiger partial charge on any atom is 0.244 e. The van der Waals surface area contributed by atoms with Gasteiger partial charge in [-0.05, 0) is 44.9 Å². The van der Waals surface area contributed by atoms with Gasteiger partial charge in [-0.3, -0.25) is 4.79 Å². The normalized spacial score (nSPS) is 20.5. The van der Waals surface area contributed by atoms with Gasteiger partial charge >= 0.3 is 0 Å². The summed E-state index contributed by atoms with van der Waals surface area (Å²) in [7, 11) is 0. The molecule has 4 nitrogen and oxygen atoms in total. The molecule has 1 aliphatic rings. The highest BCUT2D eigenvalue weighted by Gasteiger charge is 2.27. The molecule has 104 valence electrons. The van der Waals surface area contributed by atoms with Crippen LogP contribution in [-0.4, -0.2) is 36.8 Å². The van der Waals surface area contributed by atoms with E-state index in [0.717, 1.165) is 30.8 Å². The van der Waals surface area contributed by atoms with Crippen molar-refractivity contribution in [2.45, 2.75) is 32.7 Å². The third-order valence-electron chi connectivity index (χ3n) is 3.57. The number of carbonyl (C=O) groups excluding carboxylic acids is 1. The van der Waals surface area contributed by atoms with Crippen molar-refractivity contribution in [1.29, 1.82) is 0 Å². The van der Waals surface area contributed by atoms with Gasteiger partial charge in [0.25, 0.3) is 0 Å². The molecule has 1 aromatic carbocycles. The van der Waals surface area contributed by atoms with Crippen LogP contribution in [0.25, 0.3) is 0 Å². The first kappa shape index (κ1) is 14.0. The van der Waals surface area contributed by atoms with Crippen molar-refractivity contribution in [3.05, 3.63) is 29.3 Å². The number of nitrogens with one attached hydrogen (secondary N) is 1. The third kappa shape index (κ3) is 3.14. The molecule has 1 amide bonds. The van der Waals surface area contributed by atoms with Crippen molar-refractivity contribution in [1.82, 2.24) is 5.32 Å². The van der Waals surface area contributed by atoms with Crippen LogP contribution in [-0.2, 0) is 4.79 Å². The number of amides is 1. The molecule has 1 aromatic rings. The zero-order valence-electron chi connectivity index (χ0n) is 11.6. The summed E-state index contributed by atoms with van der Waals surface area (Å²) in [6.07, 6.45) is 1.40. The number of carbonyl (C=O) groups is 1. The fraction of sp³-hybridized carbons (Fsp3) is 0.533. The van der Waals surface area contributed by atoms with Crippen molar-refractivity contribution >= 4 is 11.6 Å². The minimum atomic E-state index is -0.270. The Morgan fingerprint density at radius 3 is 2.89 bits per heavy atom. The van der Waals surface area contributed by atoms with Crippen molar-refractivity contribution in [2.75, 3.05) is 24.6 Å². The lowest BCUT2D eigenvalue weighted by Gasteiger charge is -2.26. The SMILES string of the molecule is Cc1ccc(N2CCCNC(CCO)C2=O)c(C)c1. The fourth-order valence-corrected chi connectivity index (χ4v) is 2.60. The molecule has 2 N–H and O–H groups in total. The number of aliphatic hydroxyl groups is 1. The number of nitrogens with zero attached hydrogens (tertiary/aromatic N) is 1. The summed E-state index contributed by atoms with van der Waals surface area (Å²) in [6, 6.07) is 5.88. The van der Waals surface area contributed by atoms with Gasteiger partial charge in [-0.1, -0.05) is 17.7 Å². The second-order valence-corrected chi connectivity index (χ2v) is 5.15. The van der Waals surface area contributed by atoms with E-state index in [4.69, 9.17) is 5.11 Å². The zero-order chi connectivity index (χ0) is 13.8. The van der Waals surface area contributed by atoms with Gasteiger partial charge in [0, 0.05) is 18.8 Å². The summed E-state index contributed by atoms with van der Waals surface area (Å²) < 4.78 is 0. The third-order valence-corrected chi connectivity index (χ3v) is 3.57. The molecule has 4 heteroatoms. The second kappa shape index (κ2) is 6.17. The van der Waals surface area contributed by atoms with E-state index in [-0.39, 0.29) is 18.6 Å². The van der Waals surface area contributed by atoms with Crippen LogP contribution in [0.4, 0.5) is 5.69 Å². The standard InChI is InChI=1S/C15H22N2O2/c1-11-4-5-14(12(2)10-11)17-8-3-7-16-13(6-9-18)15(17)19/h4-5,10,13,16,18H,3,6-9H2,1-2H3. The molecule has 0 bridgehead atoms. The van der Waals surface area contributed by atoms with Crippen LogP contribution in [0, 0.1) is 13.8 Å². The van der Waals surface area contributed by atoms with Crippen LogP contribution in [0.1, 0.15) is 24.0 Å². The molecule has 0 aliphatic carbocycles. The Bertz CT molecular complexity index is 459. The zero-order valence-corrected chi connectivity index (χ0v) is 11.6. The lowest BCUT2D eigenvalue weighted by molar-refractivity contribution is -0.120. The van der Waals surface area contributed by atoms with E-state index in [1.165, 1.54) is 5.56 Å². The molecule has 1 saturated heterocycles. The number of hydrogen-bond donors (Lipinski definition) is 2. The number of rotatable bonds is 3. The summed E-state index contributed by atoms with van der Waals surface area (Å²) in [6.45, 7) is 5.67. The summed E-state index contributed by atoms with van der Waals surface area (Å²) in [5.41, 5.74) is 3.31. The van der Waals surface area contributed by atoms with E-state index in [9.17, 15) is 4.79 Å². The maximum atomic E-state index is 12.5. The Balaban J connectivity index is 2.28. The van der Waals surface area contributed by atoms with Crippen molar-refractivity contribution in [3.8, 4) is 0 Å². The van der Waals surface area contributed by atoms with Crippen molar-refractivity contribution in [2.24, 2.45) is 0 Å². The fourth-order valence-electron chi connectivity index (χ4n) is 2.60. The smallest absolute Gasteiger partial charge is 0.244 e. The largest absolute Gasteiger partial charge is 0.396 e. The van der Waals surface area contributed by atoms with Crippen molar-refractivity contribution in [3.63, 3.8) is 0 Å². The minimum absolute atomic E-state index is 0.0319. The molecule has 0 spiro atoms. The van der Waals surface area contributed by atoms with Crippen LogP contribution >= 0.6 is 0 Å². The average Bonchev–Trinajstić information content (AvgIpc) is 2.54. The van der Waals surface area contributed by atoms with E-state index in [1.807, 2.05) is 24.0 Å². The Labute approximate surface area is 114 Å². The Morgan fingerprint density at radius 1 is 1.42 bits per heavy atom. The number of anilines is 1. The number of hydrogen-bond acceptors (Lipinski definition) is 3. The summed E-state index contributed by atoms with van der Waals surface area (Å²) in [5.74, 6) is 0.0681. The van der Waals surface area contributed by atoms with E-state index in [0.29, 0.717) is 6.42 Å². The highest BCUT2D eigenvalue weighted by atomic mass is 16.3. The topological polar surface area (TPSA) is 52.6 Å². The molecule has 2 rings (SSSR count). The number of benzene rings is 1. The Kier molecular flexibility index (Phi) is 4.56. The highest BCUT2D eigenvalue weighted by molar-refractivity contribution is 5.98. The van der Waals surface area contributed by atoms with Gasteiger partial charge in [0.1, 0.15) is 0 Å². The second-order valence-electron chi connectivity index (χ2n) is 5.15. The lowest BCUT2D eigenvalue weighted by Crippen LogP contribution is -2.44. The quantitative estimate of drug-likeness (QED) is 0.865. The molecule has 1 atom stereocenters. The summed E-state index contributed by atoms with van der Waals surface area (Å²) in [5, 5.41) is 12.3. The van der Waals surface area contributed by atoms with Gasteiger partial charge in [-0.25, -0.2) is 0 Å². The molecule has 1 fully saturated rings. The molecule has 0 radical (unpaired) electrons. The van der Waals surface area contributed by atoms with Gasteiger partial charge < -0.3 is 15.3 Å². The van der Waals surface area contributed by atoms with Crippen LogP contribution in [0.5, 0.6) is 0 Å². The molecular weight excluding hydrogens is 240 g/mol. The van der Waals surface area contributed by atoms with Gasteiger partial charge in [0.05, 0.1) is 6.04 Å². The van der Waals surface area contributed by atoms with Crippen LogP contribution in [0.15, 0.2) is 18.2 Å².